The maximum Gasteiger partial charge on any atom is 0.303 e. The number of aromatic nitrogens is 1. The van der Waals surface area contributed by atoms with Crippen molar-refractivity contribution in [3.8, 4) is 0 Å². The first-order chi connectivity index (χ1) is 11.7. The molecule has 0 saturated heterocycles. The number of unbranched alkanes of at least 4 members (excludes halogenated alkanes) is 2. The van der Waals surface area contributed by atoms with Gasteiger partial charge in [-0.1, -0.05) is 31.0 Å². The molecule has 24 heavy (non-hydrogen) atoms. The number of hydrogen-bond acceptors (Lipinski definition) is 3. The van der Waals surface area contributed by atoms with E-state index in [4.69, 9.17) is 5.11 Å². The molecule has 3 rings (SSSR count). The topological polar surface area (TPSA) is 82.2 Å². The minimum atomic E-state index is -0.740. The van der Waals surface area contributed by atoms with Crippen LogP contribution in [0, 0.1) is 0 Å². The Morgan fingerprint density at radius 3 is 2.79 bits per heavy atom. The SMILES string of the molecule is O=C(O)CCCCCC1c2ccccc2NCc2c1cc[nH]c2=O. The third kappa shape index (κ3) is 3.50. The lowest BCUT2D eigenvalue weighted by Gasteiger charge is -2.19. The standard InChI is InChI=1S/C19H22N2O3/c22-18(23)9-3-1-2-6-13-14-10-11-20-19(24)16(14)12-21-17-8-5-4-7-15(13)17/h4-5,7-8,10-11,13,21H,1-3,6,9,12H2,(H,20,24)(H,22,23). The van der Waals surface area contributed by atoms with E-state index in [0.29, 0.717) is 13.0 Å². The zero-order chi connectivity index (χ0) is 16.9. The zero-order valence-electron chi connectivity index (χ0n) is 13.5. The number of fused-ring (bicyclic) bond motifs is 2. The molecule has 1 unspecified atom stereocenters. The van der Waals surface area contributed by atoms with Gasteiger partial charge in [-0.05, 0) is 36.1 Å². The van der Waals surface area contributed by atoms with Crippen LogP contribution in [0.5, 0.6) is 0 Å². The predicted octanol–water partition coefficient (Wildman–Crippen LogP) is 3.47. The predicted molar refractivity (Wildman–Crippen MR) is 93.4 cm³/mol. The second-order valence-corrected chi connectivity index (χ2v) is 6.23. The fourth-order valence-electron chi connectivity index (χ4n) is 3.46. The number of carboxylic acid groups (broad SMARTS) is 1. The van der Waals surface area contributed by atoms with Gasteiger partial charge < -0.3 is 15.4 Å². The van der Waals surface area contributed by atoms with Crippen LogP contribution in [0.2, 0.25) is 0 Å². The molecule has 0 radical (unpaired) electrons. The molecule has 3 N–H and O–H groups in total. The third-order valence-electron chi connectivity index (χ3n) is 4.65. The summed E-state index contributed by atoms with van der Waals surface area (Å²) in [6.07, 6.45) is 5.37. The molecule has 5 heteroatoms. The van der Waals surface area contributed by atoms with Crippen LogP contribution in [-0.4, -0.2) is 16.1 Å². The number of benzene rings is 1. The van der Waals surface area contributed by atoms with Gasteiger partial charge in [0.15, 0.2) is 0 Å². The van der Waals surface area contributed by atoms with E-state index in [2.05, 4.69) is 16.4 Å². The van der Waals surface area contributed by atoms with E-state index in [1.54, 1.807) is 6.20 Å². The molecule has 1 aromatic heterocycles. The number of rotatable bonds is 6. The van der Waals surface area contributed by atoms with Gasteiger partial charge >= 0.3 is 5.97 Å². The summed E-state index contributed by atoms with van der Waals surface area (Å²) in [6.45, 7) is 0.526. The summed E-state index contributed by atoms with van der Waals surface area (Å²) >= 11 is 0. The van der Waals surface area contributed by atoms with Crippen molar-refractivity contribution in [3.05, 3.63) is 63.6 Å². The maximum atomic E-state index is 12.2. The first-order valence-corrected chi connectivity index (χ1v) is 8.42. The van der Waals surface area contributed by atoms with Gasteiger partial charge in [0.05, 0.1) is 0 Å². The van der Waals surface area contributed by atoms with E-state index in [0.717, 1.165) is 36.1 Å². The Hall–Kier alpha value is -2.56. The number of carboxylic acids is 1. The van der Waals surface area contributed by atoms with Gasteiger partial charge in [0.2, 0.25) is 0 Å². The normalized spacial score (nSPS) is 15.8. The quantitative estimate of drug-likeness (QED) is 0.710. The molecule has 2 heterocycles. The Morgan fingerprint density at radius 2 is 1.96 bits per heavy atom. The molecule has 0 saturated carbocycles. The van der Waals surface area contributed by atoms with Crippen molar-refractivity contribution in [1.29, 1.82) is 0 Å². The van der Waals surface area contributed by atoms with Crippen molar-refractivity contribution in [1.82, 2.24) is 4.98 Å². The van der Waals surface area contributed by atoms with Crippen LogP contribution in [0.3, 0.4) is 0 Å². The highest BCUT2D eigenvalue weighted by Gasteiger charge is 2.24. The lowest BCUT2D eigenvalue weighted by atomic mass is 9.85. The van der Waals surface area contributed by atoms with E-state index in [-0.39, 0.29) is 17.9 Å². The highest BCUT2D eigenvalue weighted by Crippen LogP contribution is 2.37. The number of carbonyl (C=O) groups is 1. The lowest BCUT2D eigenvalue weighted by molar-refractivity contribution is -0.137. The number of pyridine rings is 1. The summed E-state index contributed by atoms with van der Waals surface area (Å²) in [7, 11) is 0. The summed E-state index contributed by atoms with van der Waals surface area (Å²) < 4.78 is 0. The highest BCUT2D eigenvalue weighted by molar-refractivity contribution is 5.66. The minimum Gasteiger partial charge on any atom is -0.481 e. The fourth-order valence-corrected chi connectivity index (χ4v) is 3.46. The van der Waals surface area contributed by atoms with E-state index < -0.39 is 5.97 Å². The maximum absolute atomic E-state index is 12.2. The molecule has 0 fully saturated rings. The summed E-state index contributed by atoms with van der Waals surface area (Å²) in [4.78, 5) is 25.6. The van der Waals surface area contributed by atoms with Crippen molar-refractivity contribution in [2.75, 3.05) is 5.32 Å². The van der Waals surface area contributed by atoms with Crippen LogP contribution < -0.4 is 10.9 Å². The van der Waals surface area contributed by atoms with Crippen molar-refractivity contribution in [2.45, 2.75) is 44.6 Å². The van der Waals surface area contributed by atoms with Crippen LogP contribution in [0.1, 0.15) is 54.7 Å². The average Bonchev–Trinajstić information content (AvgIpc) is 2.73. The van der Waals surface area contributed by atoms with Crippen LogP contribution in [-0.2, 0) is 11.3 Å². The van der Waals surface area contributed by atoms with Crippen LogP contribution in [0.4, 0.5) is 5.69 Å². The van der Waals surface area contributed by atoms with Gasteiger partial charge in [-0.15, -0.1) is 0 Å². The second kappa shape index (κ2) is 7.34. The van der Waals surface area contributed by atoms with Gasteiger partial charge in [0.1, 0.15) is 0 Å². The molecule has 5 nitrogen and oxygen atoms in total. The fraction of sp³-hybridized carbons (Fsp3) is 0.368. The number of aromatic amines is 1. The smallest absolute Gasteiger partial charge is 0.303 e. The van der Waals surface area contributed by atoms with Gasteiger partial charge in [-0.25, -0.2) is 0 Å². The van der Waals surface area contributed by atoms with Crippen molar-refractivity contribution < 1.29 is 9.90 Å². The molecule has 126 valence electrons. The molecular formula is C19H22N2O3. The van der Waals surface area contributed by atoms with Crippen LogP contribution >= 0.6 is 0 Å². The van der Waals surface area contributed by atoms with Crippen molar-refractivity contribution in [3.63, 3.8) is 0 Å². The Labute approximate surface area is 140 Å². The summed E-state index contributed by atoms with van der Waals surface area (Å²) in [5.74, 6) is -0.575. The molecule has 0 spiro atoms. The van der Waals surface area contributed by atoms with Crippen LogP contribution in [0.15, 0.2) is 41.3 Å². The van der Waals surface area contributed by atoms with Gasteiger partial charge in [-0.3, -0.25) is 9.59 Å². The number of aliphatic carboxylic acids is 1. The van der Waals surface area contributed by atoms with Gasteiger partial charge in [-0.2, -0.15) is 0 Å². The number of para-hydroxylation sites is 1. The zero-order valence-corrected chi connectivity index (χ0v) is 13.5. The molecule has 2 aromatic rings. The Morgan fingerprint density at radius 1 is 1.12 bits per heavy atom. The number of H-pyrrole nitrogens is 1. The molecule has 1 aromatic carbocycles. The third-order valence-corrected chi connectivity index (χ3v) is 4.65. The van der Waals surface area contributed by atoms with Gasteiger partial charge in [0.25, 0.3) is 5.56 Å². The average molecular weight is 326 g/mol. The van der Waals surface area contributed by atoms with Crippen molar-refractivity contribution >= 4 is 11.7 Å². The highest BCUT2D eigenvalue weighted by atomic mass is 16.4. The monoisotopic (exact) mass is 326 g/mol. The first kappa shape index (κ1) is 16.3. The number of anilines is 1. The van der Waals surface area contributed by atoms with E-state index in [1.807, 2.05) is 24.3 Å². The lowest BCUT2D eigenvalue weighted by Crippen LogP contribution is -2.17. The molecule has 0 aliphatic carbocycles. The summed E-state index contributed by atoms with van der Waals surface area (Å²) in [5, 5.41) is 12.1. The van der Waals surface area contributed by atoms with E-state index in [9.17, 15) is 9.59 Å². The minimum absolute atomic E-state index is 0.0383. The number of hydrogen-bond donors (Lipinski definition) is 3. The number of nitrogens with one attached hydrogen (secondary N) is 2. The molecule has 1 atom stereocenters. The van der Waals surface area contributed by atoms with Gasteiger partial charge in [0, 0.05) is 36.3 Å². The molecule has 0 amide bonds. The Balaban J connectivity index is 1.84. The molecule has 1 aliphatic heterocycles. The largest absolute Gasteiger partial charge is 0.481 e. The second-order valence-electron chi connectivity index (χ2n) is 6.23. The van der Waals surface area contributed by atoms with Crippen molar-refractivity contribution in [2.24, 2.45) is 0 Å². The molecular weight excluding hydrogens is 304 g/mol. The Bertz CT molecular complexity index is 782. The molecule has 1 aliphatic rings. The van der Waals surface area contributed by atoms with Crippen LogP contribution in [0.25, 0.3) is 0 Å². The molecule has 0 bridgehead atoms. The summed E-state index contributed by atoms with van der Waals surface area (Å²) in [6, 6.07) is 10.2. The Kier molecular flexibility index (Phi) is 4.99. The first-order valence-electron chi connectivity index (χ1n) is 8.42. The summed E-state index contributed by atoms with van der Waals surface area (Å²) in [5.41, 5.74) is 4.12. The van der Waals surface area contributed by atoms with E-state index in [1.165, 1.54) is 5.56 Å². The van der Waals surface area contributed by atoms with E-state index >= 15 is 0 Å².